The van der Waals surface area contributed by atoms with Gasteiger partial charge in [-0.05, 0) is 19.2 Å². The molecule has 0 radical (unpaired) electrons. The van der Waals surface area contributed by atoms with Gasteiger partial charge in [0.25, 0.3) is 0 Å². The number of carboxylic acid groups (broad SMARTS) is 1. The summed E-state index contributed by atoms with van der Waals surface area (Å²) in [5, 5.41) is 17.1. The Balaban J connectivity index is 2.32. The number of carboxylic acids is 1. The molecular weight excluding hydrogens is 290 g/mol. The molecule has 2 aromatic rings. The average molecular weight is 299 g/mol. The van der Waals surface area contributed by atoms with Gasteiger partial charge >= 0.3 is 5.97 Å². The Morgan fingerprint density at radius 3 is 2.72 bits per heavy atom. The van der Waals surface area contributed by atoms with Gasteiger partial charge in [-0.2, -0.15) is 0 Å². The third-order valence-electron chi connectivity index (χ3n) is 1.99. The van der Waals surface area contributed by atoms with Gasteiger partial charge in [-0.3, -0.25) is 4.98 Å². The van der Waals surface area contributed by atoms with Gasteiger partial charge in [0.15, 0.2) is 8.68 Å². The van der Waals surface area contributed by atoms with Crippen molar-refractivity contribution in [3.8, 4) is 0 Å². The molecule has 0 amide bonds. The summed E-state index contributed by atoms with van der Waals surface area (Å²) < 4.78 is 1.59. The highest BCUT2D eigenvalue weighted by molar-refractivity contribution is 8.03. The SMILES string of the molecule is CSc1nnc(Sc2cc(C)ncc2C(=O)O)s1. The summed E-state index contributed by atoms with van der Waals surface area (Å²) >= 11 is 4.26. The smallest absolute Gasteiger partial charge is 0.338 e. The van der Waals surface area contributed by atoms with Gasteiger partial charge in [0.05, 0.1) is 5.56 Å². The largest absolute Gasteiger partial charge is 0.478 e. The lowest BCUT2D eigenvalue weighted by Crippen LogP contribution is -2.00. The monoisotopic (exact) mass is 299 g/mol. The summed E-state index contributed by atoms with van der Waals surface area (Å²) in [5.74, 6) is -0.986. The van der Waals surface area contributed by atoms with E-state index in [2.05, 4.69) is 15.2 Å². The number of hydrogen-bond acceptors (Lipinski definition) is 7. The van der Waals surface area contributed by atoms with Crippen molar-refractivity contribution in [3.63, 3.8) is 0 Å². The number of pyridine rings is 1. The van der Waals surface area contributed by atoms with Crippen LogP contribution in [0.4, 0.5) is 0 Å². The Morgan fingerprint density at radius 1 is 1.39 bits per heavy atom. The third-order valence-corrected chi connectivity index (χ3v) is 5.00. The predicted molar refractivity (Wildman–Crippen MR) is 71.7 cm³/mol. The Kier molecular flexibility index (Phi) is 4.20. The van der Waals surface area contributed by atoms with Gasteiger partial charge in [-0.15, -0.1) is 10.2 Å². The molecule has 94 valence electrons. The molecule has 0 unspecified atom stereocenters. The number of rotatable bonds is 4. The minimum absolute atomic E-state index is 0.187. The van der Waals surface area contributed by atoms with Crippen LogP contribution >= 0.6 is 34.9 Å². The van der Waals surface area contributed by atoms with Crippen LogP contribution in [0.15, 0.2) is 25.8 Å². The summed E-state index contributed by atoms with van der Waals surface area (Å²) in [6.07, 6.45) is 3.30. The lowest BCUT2D eigenvalue weighted by molar-refractivity contribution is 0.0692. The van der Waals surface area contributed by atoms with E-state index in [4.69, 9.17) is 5.11 Å². The molecule has 0 aliphatic carbocycles. The normalized spacial score (nSPS) is 10.6. The maximum absolute atomic E-state index is 11.1. The fourth-order valence-electron chi connectivity index (χ4n) is 1.19. The molecule has 5 nitrogen and oxygen atoms in total. The molecule has 2 heterocycles. The molecule has 0 saturated heterocycles. The molecule has 2 rings (SSSR count). The Morgan fingerprint density at radius 2 is 2.11 bits per heavy atom. The van der Waals surface area contributed by atoms with Crippen molar-refractivity contribution in [3.05, 3.63) is 23.5 Å². The molecule has 8 heteroatoms. The van der Waals surface area contributed by atoms with Crippen LogP contribution < -0.4 is 0 Å². The van der Waals surface area contributed by atoms with Crippen molar-refractivity contribution in [1.82, 2.24) is 15.2 Å². The molecule has 2 aromatic heterocycles. The van der Waals surface area contributed by atoms with Crippen LogP contribution in [0.2, 0.25) is 0 Å². The fraction of sp³-hybridized carbons (Fsp3) is 0.200. The van der Waals surface area contributed by atoms with Crippen LogP contribution in [-0.2, 0) is 0 Å². The zero-order valence-electron chi connectivity index (χ0n) is 9.58. The Hall–Kier alpha value is -1.12. The molecule has 0 bridgehead atoms. The van der Waals surface area contributed by atoms with Gasteiger partial charge in [-0.25, -0.2) is 4.79 Å². The lowest BCUT2D eigenvalue weighted by atomic mass is 10.2. The molecule has 0 aliphatic rings. The van der Waals surface area contributed by atoms with E-state index < -0.39 is 5.97 Å². The summed E-state index contributed by atoms with van der Waals surface area (Å²) in [5.41, 5.74) is 0.962. The van der Waals surface area contributed by atoms with E-state index in [-0.39, 0.29) is 5.56 Å². The number of aromatic carboxylic acids is 1. The topological polar surface area (TPSA) is 76.0 Å². The van der Waals surface area contributed by atoms with Crippen LogP contribution in [0, 0.1) is 6.92 Å². The minimum Gasteiger partial charge on any atom is -0.478 e. The summed E-state index contributed by atoms with van der Waals surface area (Å²) in [6.45, 7) is 1.82. The zero-order valence-corrected chi connectivity index (χ0v) is 12.0. The van der Waals surface area contributed by atoms with Gasteiger partial charge in [-0.1, -0.05) is 34.9 Å². The second-order valence-electron chi connectivity index (χ2n) is 3.27. The average Bonchev–Trinajstić information content (AvgIpc) is 2.76. The van der Waals surface area contributed by atoms with Gasteiger partial charge in [0.2, 0.25) is 0 Å². The summed E-state index contributed by atoms with van der Waals surface area (Å²) in [7, 11) is 0. The molecular formula is C10H9N3O2S3. The number of carbonyl (C=O) groups is 1. The number of aryl methyl sites for hydroxylation is 1. The Bertz CT molecular complexity index is 585. The maximum Gasteiger partial charge on any atom is 0.338 e. The minimum atomic E-state index is -0.986. The van der Waals surface area contributed by atoms with E-state index in [0.717, 1.165) is 14.4 Å². The van der Waals surface area contributed by atoms with Crippen LogP contribution in [0.3, 0.4) is 0 Å². The first kappa shape index (κ1) is 13.3. The van der Waals surface area contributed by atoms with Crippen molar-refractivity contribution < 1.29 is 9.90 Å². The van der Waals surface area contributed by atoms with E-state index in [1.807, 2.05) is 13.2 Å². The van der Waals surface area contributed by atoms with E-state index >= 15 is 0 Å². The molecule has 0 fully saturated rings. The van der Waals surface area contributed by atoms with Crippen LogP contribution in [-0.4, -0.2) is 32.5 Å². The lowest BCUT2D eigenvalue weighted by Gasteiger charge is -2.03. The van der Waals surface area contributed by atoms with Crippen molar-refractivity contribution in [1.29, 1.82) is 0 Å². The van der Waals surface area contributed by atoms with Gasteiger partial charge < -0.3 is 5.11 Å². The standard InChI is InChI=1S/C10H9N3O2S3/c1-5-3-7(6(4-11-5)8(14)15)17-10-13-12-9(16-2)18-10/h3-4H,1-2H3,(H,14,15). The van der Waals surface area contributed by atoms with Crippen LogP contribution in [0.5, 0.6) is 0 Å². The number of nitrogens with zero attached hydrogens (tertiary/aromatic N) is 3. The Labute approximate surface area is 116 Å². The number of hydrogen-bond donors (Lipinski definition) is 1. The molecule has 0 saturated carbocycles. The molecule has 0 aliphatic heterocycles. The first-order chi connectivity index (χ1) is 8.60. The maximum atomic E-state index is 11.1. The van der Waals surface area contributed by atoms with Crippen molar-refractivity contribution in [2.24, 2.45) is 0 Å². The highest BCUT2D eigenvalue weighted by atomic mass is 32.2. The quantitative estimate of drug-likeness (QED) is 0.870. The second-order valence-corrected chi connectivity index (χ2v) is 6.59. The van der Waals surface area contributed by atoms with E-state index in [9.17, 15) is 4.79 Å². The number of thioether (sulfide) groups is 1. The molecule has 0 aromatic carbocycles. The van der Waals surface area contributed by atoms with Gasteiger partial charge in [0.1, 0.15) is 0 Å². The summed E-state index contributed by atoms with van der Waals surface area (Å²) in [6, 6.07) is 1.74. The van der Waals surface area contributed by atoms with E-state index in [0.29, 0.717) is 4.90 Å². The van der Waals surface area contributed by atoms with Crippen LogP contribution in [0.1, 0.15) is 16.1 Å². The second kappa shape index (κ2) is 5.68. The highest BCUT2D eigenvalue weighted by Gasteiger charge is 2.14. The van der Waals surface area contributed by atoms with E-state index in [1.54, 1.807) is 6.07 Å². The zero-order chi connectivity index (χ0) is 13.1. The third kappa shape index (κ3) is 3.01. The van der Waals surface area contributed by atoms with Crippen molar-refractivity contribution in [2.45, 2.75) is 20.5 Å². The first-order valence-electron chi connectivity index (χ1n) is 4.85. The predicted octanol–water partition coefficient (Wildman–Crippen LogP) is 2.81. The first-order valence-corrected chi connectivity index (χ1v) is 7.71. The summed E-state index contributed by atoms with van der Waals surface area (Å²) in [4.78, 5) is 15.7. The molecule has 0 spiro atoms. The van der Waals surface area contributed by atoms with Crippen LogP contribution in [0.25, 0.3) is 0 Å². The van der Waals surface area contributed by atoms with Crippen molar-refractivity contribution >= 4 is 40.8 Å². The fourth-order valence-corrected chi connectivity index (χ4v) is 3.78. The highest BCUT2D eigenvalue weighted by Crippen LogP contribution is 2.34. The molecule has 18 heavy (non-hydrogen) atoms. The number of aromatic nitrogens is 3. The van der Waals surface area contributed by atoms with Crippen molar-refractivity contribution in [2.75, 3.05) is 6.26 Å². The van der Waals surface area contributed by atoms with Gasteiger partial charge in [0, 0.05) is 16.8 Å². The molecule has 0 atom stereocenters. The molecule has 1 N–H and O–H groups in total. The van der Waals surface area contributed by atoms with E-state index in [1.165, 1.54) is 41.1 Å².